The van der Waals surface area contributed by atoms with E-state index in [0.29, 0.717) is 12.8 Å². The lowest BCUT2D eigenvalue weighted by molar-refractivity contribution is -0.123. The number of carbonyl (C=O) groups excluding carboxylic acids is 1. The van der Waals surface area contributed by atoms with Crippen LogP contribution in [0.15, 0.2) is 0 Å². The van der Waals surface area contributed by atoms with E-state index in [-0.39, 0.29) is 25.7 Å². The van der Waals surface area contributed by atoms with E-state index in [1.807, 2.05) is 0 Å². The normalized spacial score (nSPS) is 14.1. The fourth-order valence-electron chi connectivity index (χ4n) is 6.49. The maximum atomic E-state index is 12.7. The number of aliphatic hydroxyl groups is 1. The number of unbranched alkanes of at least 4 members (excludes halogenated alkanes) is 28. The third-order valence-corrected chi connectivity index (χ3v) is 10.7. The summed E-state index contributed by atoms with van der Waals surface area (Å²) in [5.41, 5.74) is 5.37. The first-order valence-corrected chi connectivity index (χ1v) is 22.6. The molecule has 0 bridgehead atoms. The summed E-state index contributed by atoms with van der Waals surface area (Å²) < 4.78 is 22.1. The zero-order valence-electron chi connectivity index (χ0n) is 32.5. The van der Waals surface area contributed by atoms with Gasteiger partial charge >= 0.3 is 7.82 Å². The van der Waals surface area contributed by atoms with Crippen LogP contribution in [0.4, 0.5) is 0 Å². The first-order chi connectivity index (χ1) is 23.9. The molecule has 49 heavy (non-hydrogen) atoms. The van der Waals surface area contributed by atoms with Gasteiger partial charge in [-0.15, -0.1) is 0 Å². The summed E-state index contributed by atoms with van der Waals surface area (Å²) in [4.78, 5) is 22.7. The Morgan fingerprint density at radius 1 is 0.592 bits per heavy atom. The molecule has 0 fully saturated rings. The van der Waals surface area contributed by atoms with E-state index in [9.17, 15) is 19.4 Å². The molecule has 5 N–H and O–H groups in total. The molecule has 1 amide bonds. The molecule has 8 nitrogen and oxygen atoms in total. The summed E-state index contributed by atoms with van der Waals surface area (Å²) in [5.74, 6) is -0.158. The summed E-state index contributed by atoms with van der Waals surface area (Å²) in [5, 5.41) is 13.7. The van der Waals surface area contributed by atoms with Gasteiger partial charge in [-0.1, -0.05) is 200 Å². The van der Waals surface area contributed by atoms with Gasteiger partial charge in [0.2, 0.25) is 5.91 Å². The molecule has 0 saturated heterocycles. The summed E-state index contributed by atoms with van der Waals surface area (Å²) in [6, 6.07) is -0.766. The van der Waals surface area contributed by atoms with E-state index in [0.717, 1.165) is 38.5 Å². The van der Waals surface area contributed by atoms with Crippen LogP contribution in [0.3, 0.4) is 0 Å². The summed E-state index contributed by atoms with van der Waals surface area (Å²) in [6.45, 7) is 4.22. The van der Waals surface area contributed by atoms with Gasteiger partial charge < -0.3 is 21.1 Å². The number of phosphoric ester groups is 1. The van der Waals surface area contributed by atoms with Crippen molar-refractivity contribution in [2.45, 2.75) is 231 Å². The zero-order chi connectivity index (χ0) is 36.1. The Labute approximate surface area is 303 Å². The van der Waals surface area contributed by atoms with E-state index in [4.69, 9.17) is 14.8 Å². The number of hydrogen-bond donors (Lipinski definition) is 4. The Hall–Kier alpha value is -0.500. The van der Waals surface area contributed by atoms with Gasteiger partial charge in [-0.2, -0.15) is 0 Å². The number of rotatable bonds is 40. The van der Waals surface area contributed by atoms with E-state index in [1.165, 1.54) is 154 Å². The first kappa shape index (κ1) is 48.5. The van der Waals surface area contributed by atoms with Gasteiger partial charge in [-0.25, -0.2) is 4.57 Å². The lowest BCUT2D eigenvalue weighted by Gasteiger charge is -2.25. The van der Waals surface area contributed by atoms with Gasteiger partial charge in [0.25, 0.3) is 0 Å². The summed E-state index contributed by atoms with van der Waals surface area (Å²) >= 11 is 0. The molecule has 3 atom stereocenters. The molecule has 0 rings (SSSR count). The molecule has 0 aromatic rings. The van der Waals surface area contributed by atoms with Crippen molar-refractivity contribution in [1.29, 1.82) is 0 Å². The van der Waals surface area contributed by atoms with E-state index in [2.05, 4.69) is 19.2 Å². The third-order valence-electron chi connectivity index (χ3n) is 9.71. The predicted molar refractivity (Wildman–Crippen MR) is 208 cm³/mol. The van der Waals surface area contributed by atoms with Gasteiger partial charge in [0.05, 0.1) is 25.4 Å². The number of nitrogens with two attached hydrogens (primary N) is 1. The Kier molecular flexibility index (Phi) is 36.9. The van der Waals surface area contributed by atoms with E-state index in [1.54, 1.807) is 0 Å². The molecule has 0 aromatic heterocycles. The lowest BCUT2D eigenvalue weighted by atomic mass is 10.0. The number of aliphatic hydroxyl groups excluding tert-OH is 1. The molecule has 9 heteroatoms. The molecule has 0 aliphatic carbocycles. The minimum atomic E-state index is -4.30. The second-order valence-corrected chi connectivity index (χ2v) is 16.0. The number of phosphoric acid groups is 1. The van der Waals surface area contributed by atoms with Crippen LogP contribution in [0.1, 0.15) is 219 Å². The minimum Gasteiger partial charge on any atom is -0.391 e. The number of amides is 1. The summed E-state index contributed by atoms with van der Waals surface area (Å²) in [6.07, 6.45) is 38.2. The largest absolute Gasteiger partial charge is 0.472 e. The molecular formula is C40H83N2O6P. The second-order valence-electron chi connectivity index (χ2n) is 14.6. The topological polar surface area (TPSA) is 131 Å². The van der Waals surface area contributed by atoms with Crippen molar-refractivity contribution in [3.8, 4) is 0 Å². The van der Waals surface area contributed by atoms with Crippen molar-refractivity contribution < 1.29 is 28.4 Å². The molecule has 0 aromatic carbocycles. The van der Waals surface area contributed by atoms with Gasteiger partial charge in [-0.3, -0.25) is 13.8 Å². The monoisotopic (exact) mass is 719 g/mol. The third kappa shape index (κ3) is 35.7. The Balaban J connectivity index is 4.07. The van der Waals surface area contributed by atoms with Crippen LogP contribution < -0.4 is 11.1 Å². The van der Waals surface area contributed by atoms with Crippen LogP contribution in [-0.4, -0.2) is 47.8 Å². The van der Waals surface area contributed by atoms with Crippen molar-refractivity contribution >= 4 is 13.7 Å². The Bertz CT molecular complexity index is 744. The standard InChI is InChI=1S/C40H83N2O6P/c1-3-5-7-9-11-13-15-16-17-18-19-20-21-22-24-26-28-30-32-34-40(44)42-38(37-48-49(45,46)47-36-35-41)39(43)33-31-29-27-25-23-14-12-10-8-6-4-2/h38-39,43H,3-37,41H2,1-2H3,(H,42,44)(H,45,46). The maximum absolute atomic E-state index is 12.7. The predicted octanol–water partition coefficient (Wildman–Crippen LogP) is 11.4. The Morgan fingerprint density at radius 3 is 1.31 bits per heavy atom. The van der Waals surface area contributed by atoms with Gasteiger partial charge in [0.15, 0.2) is 0 Å². The highest BCUT2D eigenvalue weighted by Crippen LogP contribution is 2.43. The molecule has 0 aliphatic rings. The van der Waals surface area contributed by atoms with E-state index >= 15 is 0 Å². The highest BCUT2D eigenvalue weighted by atomic mass is 31.2. The molecule has 0 heterocycles. The quantitative estimate of drug-likeness (QED) is 0.0366. The Morgan fingerprint density at radius 2 is 0.939 bits per heavy atom. The number of carbonyl (C=O) groups is 1. The SMILES string of the molecule is CCCCCCCCCCCCCCCCCCCCCC(=O)NC(COP(=O)(O)OCCN)C(O)CCCCCCCCCCCCC. The average molecular weight is 719 g/mol. The molecular weight excluding hydrogens is 635 g/mol. The number of hydrogen-bond acceptors (Lipinski definition) is 6. The van der Waals surface area contributed by atoms with Crippen LogP contribution in [0, 0.1) is 0 Å². The zero-order valence-corrected chi connectivity index (χ0v) is 33.3. The van der Waals surface area contributed by atoms with Crippen LogP contribution >= 0.6 is 7.82 Å². The van der Waals surface area contributed by atoms with Crippen molar-refractivity contribution in [2.24, 2.45) is 5.73 Å². The van der Waals surface area contributed by atoms with Gasteiger partial charge in [0.1, 0.15) is 0 Å². The van der Waals surface area contributed by atoms with Crippen molar-refractivity contribution in [1.82, 2.24) is 5.32 Å². The minimum absolute atomic E-state index is 0.0923. The van der Waals surface area contributed by atoms with Crippen LogP contribution in [0.25, 0.3) is 0 Å². The van der Waals surface area contributed by atoms with Gasteiger partial charge in [-0.05, 0) is 12.8 Å². The highest BCUT2D eigenvalue weighted by Gasteiger charge is 2.27. The highest BCUT2D eigenvalue weighted by molar-refractivity contribution is 7.47. The first-order valence-electron chi connectivity index (χ1n) is 21.2. The molecule has 0 spiro atoms. The smallest absolute Gasteiger partial charge is 0.391 e. The van der Waals surface area contributed by atoms with Crippen molar-refractivity contribution in [2.75, 3.05) is 19.8 Å². The average Bonchev–Trinajstić information content (AvgIpc) is 3.09. The van der Waals surface area contributed by atoms with Crippen molar-refractivity contribution in [3.05, 3.63) is 0 Å². The summed E-state index contributed by atoms with van der Waals surface area (Å²) in [7, 11) is -4.30. The van der Waals surface area contributed by atoms with Crippen molar-refractivity contribution in [3.63, 3.8) is 0 Å². The molecule has 294 valence electrons. The van der Waals surface area contributed by atoms with E-state index < -0.39 is 20.0 Å². The van der Waals surface area contributed by atoms with Crippen LogP contribution in [-0.2, 0) is 18.4 Å². The molecule has 0 saturated carbocycles. The molecule has 3 unspecified atom stereocenters. The van der Waals surface area contributed by atoms with Crippen LogP contribution in [0.2, 0.25) is 0 Å². The molecule has 0 aliphatic heterocycles. The van der Waals surface area contributed by atoms with Gasteiger partial charge in [0, 0.05) is 13.0 Å². The van der Waals surface area contributed by atoms with Crippen LogP contribution in [0.5, 0.6) is 0 Å². The lowest BCUT2D eigenvalue weighted by Crippen LogP contribution is -2.46. The maximum Gasteiger partial charge on any atom is 0.472 e. The fraction of sp³-hybridized carbons (Fsp3) is 0.975. The molecule has 0 radical (unpaired) electrons. The second kappa shape index (κ2) is 37.3. The fourth-order valence-corrected chi connectivity index (χ4v) is 7.25. The number of nitrogens with one attached hydrogen (secondary N) is 1.